The zero-order valence-electron chi connectivity index (χ0n) is 16.6. The molecule has 27 heavy (non-hydrogen) atoms. The van der Waals surface area contributed by atoms with Gasteiger partial charge < -0.3 is 9.30 Å². The Kier molecular flexibility index (Phi) is 5.23. The Morgan fingerprint density at radius 2 is 1.78 bits per heavy atom. The maximum Gasteiger partial charge on any atom is 0.332 e. The van der Waals surface area contributed by atoms with Crippen molar-refractivity contribution >= 4 is 17.1 Å². The van der Waals surface area contributed by atoms with Crippen LogP contribution in [-0.4, -0.2) is 49.8 Å². The minimum Gasteiger partial charge on any atom is -0.468 e. The predicted octanol–water partition coefficient (Wildman–Crippen LogP) is 0.0846. The number of rotatable bonds is 4. The fraction of sp³-hybridized carbons (Fsp3) is 0.667. The van der Waals surface area contributed by atoms with E-state index in [-0.39, 0.29) is 12.1 Å². The zero-order valence-corrected chi connectivity index (χ0v) is 16.6. The molecular weight excluding hydrogens is 350 g/mol. The van der Waals surface area contributed by atoms with Crippen molar-refractivity contribution in [2.75, 3.05) is 20.2 Å². The topological polar surface area (TPSA) is 91.4 Å². The van der Waals surface area contributed by atoms with Gasteiger partial charge >= 0.3 is 11.7 Å². The third kappa shape index (κ3) is 3.55. The van der Waals surface area contributed by atoms with Gasteiger partial charge in [-0.1, -0.05) is 13.8 Å². The highest BCUT2D eigenvalue weighted by atomic mass is 16.5. The summed E-state index contributed by atoms with van der Waals surface area (Å²) in [5, 5.41) is 0. The van der Waals surface area contributed by atoms with E-state index in [2.05, 4.69) is 23.7 Å². The highest BCUT2D eigenvalue weighted by molar-refractivity contribution is 5.75. The van der Waals surface area contributed by atoms with Crippen LogP contribution < -0.4 is 11.2 Å². The average molecular weight is 377 g/mol. The van der Waals surface area contributed by atoms with Crippen molar-refractivity contribution in [3.8, 4) is 0 Å². The van der Waals surface area contributed by atoms with E-state index < -0.39 is 17.2 Å². The van der Waals surface area contributed by atoms with Crippen LogP contribution in [0.4, 0.5) is 0 Å². The molecule has 1 saturated heterocycles. The summed E-state index contributed by atoms with van der Waals surface area (Å²) in [6, 6.07) is 0. The number of ether oxygens (including phenoxy) is 1. The molecule has 0 aliphatic carbocycles. The van der Waals surface area contributed by atoms with Crippen LogP contribution in [0.2, 0.25) is 0 Å². The number of piperidine rings is 1. The van der Waals surface area contributed by atoms with E-state index in [0.717, 1.165) is 17.7 Å². The number of carbonyl (C=O) groups is 1. The van der Waals surface area contributed by atoms with Crippen molar-refractivity contribution in [1.29, 1.82) is 0 Å². The molecule has 3 rings (SSSR count). The Hall–Kier alpha value is -2.42. The zero-order chi connectivity index (χ0) is 19.9. The van der Waals surface area contributed by atoms with Crippen LogP contribution in [0.15, 0.2) is 9.59 Å². The average Bonchev–Trinajstić information content (AvgIpc) is 2.95. The number of nitrogens with zero attached hydrogens (tertiary/aromatic N) is 5. The molecular formula is C18H27N5O4. The Labute approximate surface area is 157 Å². The first-order valence-electron chi connectivity index (χ1n) is 9.17. The number of likely N-dealkylation sites (tertiary alicyclic amines) is 1. The molecule has 1 fully saturated rings. The van der Waals surface area contributed by atoms with Gasteiger partial charge in [-0.3, -0.25) is 23.6 Å². The summed E-state index contributed by atoms with van der Waals surface area (Å²) < 4.78 is 8.76. The lowest BCUT2D eigenvalue weighted by Crippen LogP contribution is -2.39. The summed E-state index contributed by atoms with van der Waals surface area (Å²) in [5.41, 5.74) is -0.365. The number of hydrogen-bond donors (Lipinski definition) is 0. The van der Waals surface area contributed by atoms with Crippen molar-refractivity contribution < 1.29 is 9.53 Å². The predicted molar refractivity (Wildman–Crippen MR) is 100 cm³/mol. The van der Waals surface area contributed by atoms with E-state index in [1.54, 1.807) is 11.6 Å². The third-order valence-corrected chi connectivity index (χ3v) is 5.25. The molecule has 0 aromatic carbocycles. The number of hydrogen-bond acceptors (Lipinski definition) is 6. The molecule has 0 N–H and O–H groups in total. The number of carbonyl (C=O) groups excluding carboxylic acids is 1. The SMILES string of the molecule is COC(=O)Cn1c(CN2C[C@H](C)C[C@H](C)C2)nc2c1c(=O)n(C)c(=O)n2C. The summed E-state index contributed by atoms with van der Waals surface area (Å²) >= 11 is 0. The van der Waals surface area contributed by atoms with Gasteiger partial charge in [0.25, 0.3) is 5.56 Å². The number of methoxy groups -OCH3 is 1. The van der Waals surface area contributed by atoms with Crippen LogP contribution in [0.5, 0.6) is 0 Å². The van der Waals surface area contributed by atoms with Gasteiger partial charge in [0, 0.05) is 27.2 Å². The molecule has 0 bridgehead atoms. The molecule has 9 heteroatoms. The lowest BCUT2D eigenvalue weighted by atomic mass is 9.92. The smallest absolute Gasteiger partial charge is 0.332 e. The third-order valence-electron chi connectivity index (χ3n) is 5.25. The standard InChI is InChI=1S/C18H27N5O4/c1-11-6-12(2)8-22(7-11)9-13-19-16-15(23(13)10-14(24)27-5)17(25)21(4)18(26)20(16)3/h11-12H,6-10H2,1-5H3/t11-,12+. The highest BCUT2D eigenvalue weighted by Crippen LogP contribution is 2.23. The number of aromatic nitrogens is 4. The second kappa shape index (κ2) is 7.30. The summed E-state index contributed by atoms with van der Waals surface area (Å²) in [6.45, 7) is 6.71. The van der Waals surface area contributed by atoms with Gasteiger partial charge in [0.2, 0.25) is 0 Å². The minimum absolute atomic E-state index is 0.116. The first-order chi connectivity index (χ1) is 12.7. The summed E-state index contributed by atoms with van der Waals surface area (Å²) in [5.74, 6) is 1.27. The van der Waals surface area contributed by atoms with E-state index in [4.69, 9.17) is 4.74 Å². The van der Waals surface area contributed by atoms with Gasteiger partial charge in [0.05, 0.1) is 13.7 Å². The van der Waals surface area contributed by atoms with Gasteiger partial charge in [-0.15, -0.1) is 0 Å². The number of esters is 1. The largest absolute Gasteiger partial charge is 0.468 e. The molecule has 2 aromatic rings. The minimum atomic E-state index is -0.466. The van der Waals surface area contributed by atoms with Crippen LogP contribution in [0.1, 0.15) is 26.1 Å². The van der Waals surface area contributed by atoms with E-state index >= 15 is 0 Å². The van der Waals surface area contributed by atoms with Crippen LogP contribution in [0.25, 0.3) is 11.2 Å². The quantitative estimate of drug-likeness (QED) is 0.701. The molecule has 1 aliphatic rings. The normalized spacial score (nSPS) is 20.9. The van der Waals surface area contributed by atoms with Crippen molar-refractivity contribution in [3.05, 3.63) is 26.7 Å². The molecule has 1 aliphatic heterocycles. The fourth-order valence-electron chi connectivity index (χ4n) is 4.10. The molecule has 2 atom stereocenters. The number of fused-ring (bicyclic) bond motifs is 1. The maximum absolute atomic E-state index is 12.7. The van der Waals surface area contributed by atoms with Crippen molar-refractivity contribution in [2.45, 2.75) is 33.4 Å². The van der Waals surface area contributed by atoms with Crippen LogP contribution in [0, 0.1) is 11.8 Å². The monoisotopic (exact) mass is 377 g/mol. The van der Waals surface area contributed by atoms with Gasteiger partial charge in [-0.25, -0.2) is 9.78 Å². The van der Waals surface area contributed by atoms with Gasteiger partial charge in [-0.05, 0) is 18.3 Å². The van der Waals surface area contributed by atoms with E-state index in [0.29, 0.717) is 29.9 Å². The molecule has 3 heterocycles. The van der Waals surface area contributed by atoms with Gasteiger partial charge in [0.1, 0.15) is 12.4 Å². The lowest BCUT2D eigenvalue weighted by Gasteiger charge is -2.34. The fourth-order valence-corrected chi connectivity index (χ4v) is 4.10. The highest BCUT2D eigenvalue weighted by Gasteiger charge is 2.26. The lowest BCUT2D eigenvalue weighted by molar-refractivity contribution is -0.141. The van der Waals surface area contributed by atoms with Crippen LogP contribution in [-0.2, 0) is 36.7 Å². The number of aryl methyl sites for hydroxylation is 1. The van der Waals surface area contributed by atoms with Crippen molar-refractivity contribution in [3.63, 3.8) is 0 Å². The second-order valence-corrected chi connectivity index (χ2v) is 7.71. The van der Waals surface area contributed by atoms with E-state index in [1.807, 2.05) is 0 Å². The van der Waals surface area contributed by atoms with Crippen molar-refractivity contribution in [2.24, 2.45) is 25.9 Å². The van der Waals surface area contributed by atoms with Crippen LogP contribution >= 0.6 is 0 Å². The summed E-state index contributed by atoms with van der Waals surface area (Å²) in [6.07, 6.45) is 1.18. The van der Waals surface area contributed by atoms with Gasteiger partial charge in [0.15, 0.2) is 11.2 Å². The molecule has 0 spiro atoms. The van der Waals surface area contributed by atoms with E-state index in [9.17, 15) is 14.4 Å². The van der Waals surface area contributed by atoms with E-state index in [1.165, 1.54) is 25.1 Å². The summed E-state index contributed by atoms with van der Waals surface area (Å²) in [4.78, 5) is 43.8. The first kappa shape index (κ1) is 19.3. The molecule has 0 saturated carbocycles. The van der Waals surface area contributed by atoms with Crippen molar-refractivity contribution in [1.82, 2.24) is 23.6 Å². The Morgan fingerprint density at radius 1 is 1.15 bits per heavy atom. The Morgan fingerprint density at radius 3 is 2.37 bits per heavy atom. The summed E-state index contributed by atoms with van der Waals surface area (Å²) in [7, 11) is 4.31. The Bertz CT molecular complexity index is 976. The molecule has 2 aromatic heterocycles. The second-order valence-electron chi connectivity index (χ2n) is 7.71. The van der Waals surface area contributed by atoms with Gasteiger partial charge in [-0.2, -0.15) is 0 Å². The van der Waals surface area contributed by atoms with Crippen LogP contribution in [0.3, 0.4) is 0 Å². The molecule has 148 valence electrons. The molecule has 0 radical (unpaired) electrons. The number of imidazole rings is 1. The Balaban J connectivity index is 2.13. The maximum atomic E-state index is 12.7. The molecule has 0 amide bonds. The molecule has 0 unspecified atom stereocenters. The first-order valence-corrected chi connectivity index (χ1v) is 9.17. The molecule has 9 nitrogen and oxygen atoms in total.